The van der Waals surface area contributed by atoms with Gasteiger partial charge in [-0.05, 0) is 47.9 Å². The molecule has 1 aromatic rings. The molecule has 0 aromatic carbocycles. The van der Waals surface area contributed by atoms with Crippen molar-refractivity contribution in [2.45, 2.75) is 24.9 Å². The van der Waals surface area contributed by atoms with Crippen LogP contribution in [0.5, 0.6) is 0 Å². The average molecular weight is 351 g/mol. The predicted octanol–water partition coefficient (Wildman–Crippen LogP) is 2.65. The Morgan fingerprint density at radius 3 is 2.88 bits per heavy atom. The van der Waals surface area contributed by atoms with Gasteiger partial charge in [0.25, 0.3) is 5.91 Å². The van der Waals surface area contributed by atoms with Gasteiger partial charge < -0.3 is 10.1 Å². The summed E-state index contributed by atoms with van der Waals surface area (Å²) in [5.74, 6) is 0.00231. The minimum Gasteiger partial charge on any atom is -0.376 e. The number of hydrogen-bond acceptors (Lipinski definition) is 3. The third-order valence-electron chi connectivity index (χ3n) is 3.10. The molecule has 16 heavy (non-hydrogen) atoms. The summed E-state index contributed by atoms with van der Waals surface area (Å²) in [4.78, 5) is 11.8. The van der Waals surface area contributed by atoms with E-state index >= 15 is 0 Å². The minimum atomic E-state index is -0.0984. The van der Waals surface area contributed by atoms with Crippen molar-refractivity contribution in [3.8, 4) is 0 Å². The number of carbonyl (C=O) groups excluding carboxylic acids is 1. The fourth-order valence-electron chi connectivity index (χ4n) is 1.80. The lowest BCUT2D eigenvalue weighted by molar-refractivity contribution is -0.0679. The molecule has 0 unspecified atom stereocenters. The highest BCUT2D eigenvalue weighted by Gasteiger charge is 2.37. The Hall–Kier alpha value is -0.140. The van der Waals surface area contributed by atoms with E-state index in [0.29, 0.717) is 6.54 Å². The van der Waals surface area contributed by atoms with Gasteiger partial charge in [-0.2, -0.15) is 0 Å². The highest BCUT2D eigenvalue weighted by Crippen LogP contribution is 2.34. The van der Waals surface area contributed by atoms with Gasteiger partial charge in [0, 0.05) is 19.0 Å². The van der Waals surface area contributed by atoms with Crippen molar-refractivity contribution in [3.05, 3.63) is 19.9 Å². The smallest absolute Gasteiger partial charge is 0.252 e. The van der Waals surface area contributed by atoms with Crippen LogP contribution in [-0.4, -0.2) is 25.2 Å². The molecule has 0 saturated heterocycles. The zero-order valence-electron chi connectivity index (χ0n) is 9.09. The summed E-state index contributed by atoms with van der Waals surface area (Å²) < 4.78 is 6.58. The molecule has 1 N–H and O–H groups in total. The molecule has 88 valence electrons. The second kappa shape index (κ2) is 5.01. The summed E-state index contributed by atoms with van der Waals surface area (Å²) in [5.41, 5.74) is 0.652. The van der Waals surface area contributed by atoms with Crippen LogP contribution in [0.25, 0.3) is 0 Å². The van der Waals surface area contributed by atoms with Crippen LogP contribution < -0.4 is 5.32 Å². The molecule has 1 fully saturated rings. The number of ether oxygens (including phenoxy) is 1. The second-order valence-corrected chi connectivity index (χ2v) is 6.87. The number of hydrogen-bond donors (Lipinski definition) is 1. The van der Waals surface area contributed by atoms with Gasteiger partial charge in [0.1, 0.15) is 0 Å². The normalized spacial score (nSPS) is 17.9. The summed E-state index contributed by atoms with van der Waals surface area (Å²) in [6, 6.07) is 1.90. The van der Waals surface area contributed by atoms with Gasteiger partial charge in [-0.25, -0.2) is 0 Å². The molecular formula is C11H14INO2S. The summed E-state index contributed by atoms with van der Waals surface area (Å²) in [5, 5.41) is 4.83. The van der Waals surface area contributed by atoms with Crippen molar-refractivity contribution in [3.63, 3.8) is 0 Å². The largest absolute Gasteiger partial charge is 0.376 e. The Kier molecular flexibility index (Phi) is 3.86. The van der Waals surface area contributed by atoms with E-state index in [1.807, 2.05) is 11.4 Å². The minimum absolute atomic E-state index is 0.00231. The molecule has 0 spiro atoms. The van der Waals surface area contributed by atoms with E-state index in [-0.39, 0.29) is 11.5 Å². The van der Waals surface area contributed by atoms with Gasteiger partial charge in [-0.1, -0.05) is 0 Å². The number of halogens is 1. The third-order valence-corrected chi connectivity index (χ3v) is 4.89. The molecule has 1 amide bonds. The van der Waals surface area contributed by atoms with Crippen LogP contribution in [0, 0.1) is 2.88 Å². The van der Waals surface area contributed by atoms with E-state index in [1.54, 1.807) is 18.4 Å². The maximum atomic E-state index is 11.8. The topological polar surface area (TPSA) is 38.3 Å². The van der Waals surface area contributed by atoms with Gasteiger partial charge in [0.2, 0.25) is 0 Å². The molecule has 5 heteroatoms. The Morgan fingerprint density at radius 1 is 1.69 bits per heavy atom. The fraction of sp³-hybridized carbons (Fsp3) is 0.545. The van der Waals surface area contributed by atoms with Crippen LogP contribution in [0.15, 0.2) is 11.4 Å². The Labute approximate surface area is 113 Å². The van der Waals surface area contributed by atoms with Crippen molar-refractivity contribution in [2.75, 3.05) is 13.7 Å². The van der Waals surface area contributed by atoms with Gasteiger partial charge in [-0.3, -0.25) is 4.79 Å². The lowest BCUT2D eigenvalue weighted by Gasteiger charge is -2.40. The van der Waals surface area contributed by atoms with Gasteiger partial charge in [-0.15, -0.1) is 11.3 Å². The van der Waals surface area contributed by atoms with E-state index in [2.05, 4.69) is 27.9 Å². The molecule has 1 heterocycles. The van der Waals surface area contributed by atoms with Crippen molar-refractivity contribution in [2.24, 2.45) is 0 Å². The van der Waals surface area contributed by atoms with Crippen molar-refractivity contribution >= 4 is 39.8 Å². The highest BCUT2D eigenvalue weighted by atomic mass is 127. The van der Waals surface area contributed by atoms with Crippen LogP contribution >= 0.6 is 33.9 Å². The SMILES string of the molecule is COC1(CNC(=O)c2csc(I)c2)CCC1. The van der Waals surface area contributed by atoms with Crippen molar-refractivity contribution in [1.29, 1.82) is 0 Å². The van der Waals surface area contributed by atoms with Gasteiger partial charge >= 0.3 is 0 Å². The number of carbonyl (C=O) groups is 1. The van der Waals surface area contributed by atoms with E-state index in [4.69, 9.17) is 4.74 Å². The molecule has 2 rings (SSSR count). The molecular weight excluding hydrogens is 337 g/mol. The Morgan fingerprint density at radius 2 is 2.44 bits per heavy atom. The van der Waals surface area contributed by atoms with Crippen LogP contribution in [-0.2, 0) is 4.74 Å². The Bertz CT molecular complexity index is 382. The van der Waals surface area contributed by atoms with E-state index in [1.165, 1.54) is 6.42 Å². The summed E-state index contributed by atoms with van der Waals surface area (Å²) >= 11 is 3.80. The van der Waals surface area contributed by atoms with Gasteiger partial charge in [0.05, 0.1) is 14.0 Å². The molecule has 0 aliphatic heterocycles. The maximum Gasteiger partial charge on any atom is 0.252 e. The third kappa shape index (κ3) is 2.57. The quantitative estimate of drug-likeness (QED) is 0.847. The molecule has 0 radical (unpaired) electrons. The second-order valence-electron chi connectivity index (χ2n) is 4.06. The Balaban J connectivity index is 1.88. The molecule has 3 nitrogen and oxygen atoms in total. The highest BCUT2D eigenvalue weighted by molar-refractivity contribution is 14.1. The maximum absolute atomic E-state index is 11.8. The number of amides is 1. The number of methoxy groups -OCH3 is 1. The molecule has 0 atom stereocenters. The molecule has 1 aliphatic rings. The van der Waals surface area contributed by atoms with E-state index in [9.17, 15) is 4.79 Å². The van der Waals surface area contributed by atoms with Crippen LogP contribution in [0.1, 0.15) is 29.6 Å². The first-order chi connectivity index (χ1) is 7.65. The van der Waals surface area contributed by atoms with Gasteiger partial charge in [0.15, 0.2) is 0 Å². The standard InChI is InChI=1S/C11H14INO2S/c1-15-11(3-2-4-11)7-13-10(14)8-5-9(12)16-6-8/h5-6H,2-4,7H2,1H3,(H,13,14). The lowest BCUT2D eigenvalue weighted by atomic mass is 9.80. The van der Waals surface area contributed by atoms with Crippen molar-refractivity contribution < 1.29 is 9.53 Å². The molecule has 1 aromatic heterocycles. The number of rotatable bonds is 4. The molecule has 1 aliphatic carbocycles. The molecule has 1 saturated carbocycles. The zero-order chi connectivity index (χ0) is 11.6. The average Bonchev–Trinajstić information content (AvgIpc) is 2.64. The number of thiophene rings is 1. The summed E-state index contributed by atoms with van der Waals surface area (Å²) in [6.07, 6.45) is 3.29. The lowest BCUT2D eigenvalue weighted by Crippen LogP contribution is -2.49. The first-order valence-electron chi connectivity index (χ1n) is 5.23. The van der Waals surface area contributed by atoms with E-state index in [0.717, 1.165) is 21.3 Å². The van der Waals surface area contributed by atoms with Crippen molar-refractivity contribution in [1.82, 2.24) is 5.32 Å². The summed E-state index contributed by atoms with van der Waals surface area (Å²) in [6.45, 7) is 0.620. The van der Waals surface area contributed by atoms with Crippen LogP contribution in [0.2, 0.25) is 0 Å². The monoisotopic (exact) mass is 351 g/mol. The van der Waals surface area contributed by atoms with Crippen LogP contribution in [0.3, 0.4) is 0 Å². The van der Waals surface area contributed by atoms with E-state index < -0.39 is 0 Å². The predicted molar refractivity (Wildman–Crippen MR) is 73.0 cm³/mol. The fourth-order valence-corrected chi connectivity index (χ4v) is 3.12. The summed E-state index contributed by atoms with van der Waals surface area (Å²) in [7, 11) is 1.72. The zero-order valence-corrected chi connectivity index (χ0v) is 12.1. The molecule has 0 bridgehead atoms. The van der Waals surface area contributed by atoms with Crippen LogP contribution in [0.4, 0.5) is 0 Å². The first kappa shape index (κ1) is 12.3. The first-order valence-corrected chi connectivity index (χ1v) is 7.18. The number of nitrogens with one attached hydrogen (secondary N) is 1.